The first-order valence-electron chi connectivity index (χ1n) is 8.16. The summed E-state index contributed by atoms with van der Waals surface area (Å²) in [6, 6.07) is 8.12. The second-order valence-electron chi connectivity index (χ2n) is 5.97. The quantitative estimate of drug-likeness (QED) is 0.619. The largest absolute Gasteiger partial charge is 0.388 e. The molecule has 0 bridgehead atoms. The van der Waals surface area contributed by atoms with E-state index >= 15 is 0 Å². The van der Waals surface area contributed by atoms with Crippen LogP contribution in [0.15, 0.2) is 42.6 Å². The van der Waals surface area contributed by atoms with Gasteiger partial charge in [-0.05, 0) is 24.6 Å². The summed E-state index contributed by atoms with van der Waals surface area (Å²) in [5, 5.41) is 25.3. The normalized spacial score (nSPS) is 31.7. The first-order chi connectivity index (χ1) is 12.0. The molecule has 8 heteroatoms. The van der Waals surface area contributed by atoms with Crippen molar-refractivity contribution in [2.24, 2.45) is 0 Å². The van der Waals surface area contributed by atoms with Crippen LogP contribution in [-0.2, 0) is 4.74 Å². The maximum absolute atomic E-state index is 12.3. The molecule has 3 amide bonds. The van der Waals surface area contributed by atoms with Gasteiger partial charge in [0.2, 0.25) is 0 Å². The van der Waals surface area contributed by atoms with Gasteiger partial charge in [0.05, 0.1) is 6.10 Å². The predicted molar refractivity (Wildman–Crippen MR) is 88.2 cm³/mol. The van der Waals surface area contributed by atoms with Crippen LogP contribution in [0.1, 0.15) is 23.7 Å². The molecule has 3 rings (SSSR count). The van der Waals surface area contributed by atoms with Crippen molar-refractivity contribution in [1.29, 1.82) is 0 Å². The van der Waals surface area contributed by atoms with Crippen molar-refractivity contribution < 1.29 is 24.5 Å². The number of hydrogen-bond donors (Lipinski definition) is 4. The van der Waals surface area contributed by atoms with Crippen LogP contribution in [0.2, 0.25) is 0 Å². The van der Waals surface area contributed by atoms with Crippen LogP contribution in [0.4, 0.5) is 4.79 Å². The second kappa shape index (κ2) is 7.22. The minimum atomic E-state index is -1.20. The monoisotopic (exact) mass is 347 g/mol. The van der Waals surface area contributed by atoms with E-state index in [2.05, 4.69) is 10.6 Å². The van der Waals surface area contributed by atoms with Crippen LogP contribution in [0.3, 0.4) is 0 Å². The van der Waals surface area contributed by atoms with Gasteiger partial charge in [-0.3, -0.25) is 9.69 Å². The zero-order valence-electron chi connectivity index (χ0n) is 13.7. The second-order valence-corrected chi connectivity index (χ2v) is 5.97. The minimum absolute atomic E-state index is 0.317. The fourth-order valence-electron chi connectivity index (χ4n) is 2.90. The third-order valence-electron chi connectivity index (χ3n) is 4.29. The summed E-state index contributed by atoms with van der Waals surface area (Å²) in [5.74, 6) is -0.317. The highest BCUT2D eigenvalue weighted by Crippen LogP contribution is 2.27. The zero-order valence-corrected chi connectivity index (χ0v) is 13.7. The lowest BCUT2D eigenvalue weighted by molar-refractivity contribution is -0.0548. The molecule has 2 aliphatic rings. The number of aliphatic hydroxyl groups excluding tert-OH is 2. The van der Waals surface area contributed by atoms with Crippen molar-refractivity contribution in [2.75, 3.05) is 0 Å². The third-order valence-corrected chi connectivity index (χ3v) is 4.29. The van der Waals surface area contributed by atoms with Gasteiger partial charge in [0.15, 0.2) is 6.23 Å². The first-order valence-corrected chi connectivity index (χ1v) is 8.16. The van der Waals surface area contributed by atoms with Gasteiger partial charge in [-0.1, -0.05) is 25.1 Å². The van der Waals surface area contributed by atoms with Gasteiger partial charge in [-0.2, -0.15) is 0 Å². The Bertz CT molecular complexity index is 666. The van der Waals surface area contributed by atoms with Crippen LogP contribution in [0.25, 0.3) is 0 Å². The summed E-state index contributed by atoms with van der Waals surface area (Å²) in [5.41, 5.74) is 0.482. The molecule has 5 atom stereocenters. The molecule has 25 heavy (non-hydrogen) atoms. The summed E-state index contributed by atoms with van der Waals surface area (Å²) < 4.78 is 5.56. The lowest BCUT2D eigenvalue weighted by Crippen LogP contribution is -2.57. The zero-order chi connectivity index (χ0) is 18.0. The number of hydrogen-bond acceptors (Lipinski definition) is 5. The Morgan fingerprint density at radius 3 is 2.60 bits per heavy atom. The van der Waals surface area contributed by atoms with E-state index in [0.29, 0.717) is 12.0 Å². The summed E-state index contributed by atoms with van der Waals surface area (Å²) >= 11 is 0. The molecule has 134 valence electrons. The highest BCUT2D eigenvalue weighted by molar-refractivity contribution is 5.94. The van der Waals surface area contributed by atoms with Gasteiger partial charge in [-0.25, -0.2) is 4.79 Å². The first kappa shape index (κ1) is 17.4. The average molecular weight is 347 g/mol. The molecule has 0 aromatic heterocycles. The van der Waals surface area contributed by atoms with E-state index in [9.17, 15) is 19.8 Å². The number of nitrogens with zero attached hydrogens (tertiary/aromatic N) is 1. The fourth-order valence-corrected chi connectivity index (χ4v) is 2.90. The number of nitrogens with one attached hydrogen (secondary N) is 2. The third kappa shape index (κ3) is 3.51. The van der Waals surface area contributed by atoms with E-state index in [1.165, 1.54) is 11.1 Å². The van der Waals surface area contributed by atoms with Crippen molar-refractivity contribution in [3.63, 3.8) is 0 Å². The predicted octanol–water partition coefficient (Wildman–Crippen LogP) is 0.138. The highest BCUT2D eigenvalue weighted by Gasteiger charge is 2.46. The smallest absolute Gasteiger partial charge is 0.325 e. The molecule has 8 nitrogen and oxygen atoms in total. The Morgan fingerprint density at radius 2 is 2.00 bits per heavy atom. The van der Waals surface area contributed by atoms with E-state index in [1.807, 2.05) is 13.0 Å². The van der Waals surface area contributed by atoms with Crippen LogP contribution in [0, 0.1) is 0 Å². The molecule has 1 fully saturated rings. The Hall–Kier alpha value is -2.42. The van der Waals surface area contributed by atoms with Crippen molar-refractivity contribution in [2.45, 2.75) is 44.1 Å². The average Bonchev–Trinajstić information content (AvgIpc) is 2.91. The summed E-state index contributed by atoms with van der Waals surface area (Å²) in [6.07, 6.45) is -0.899. The maximum atomic E-state index is 12.3. The van der Waals surface area contributed by atoms with Crippen LogP contribution in [0.5, 0.6) is 0 Å². The Labute approximate surface area is 145 Å². The lowest BCUT2D eigenvalue weighted by atomic mass is 10.1. The van der Waals surface area contributed by atoms with Gasteiger partial charge in [0, 0.05) is 11.8 Å². The standard InChI is InChI=1S/C17H21N3O5/c1-2-11-13(21)14(22)16(25-11)20-9-8-12(19-17(20)24)18-15(23)10-6-4-3-5-7-10/h3-9,11-14,16,21-22H,2H2,1H3,(H,18,23)(H,19,24)/t11-,12?,13?,14+,16-/m1/s1. The molecule has 2 aliphatic heterocycles. The fraction of sp³-hybridized carbons (Fsp3) is 0.412. The van der Waals surface area contributed by atoms with Crippen LogP contribution >= 0.6 is 0 Å². The number of amides is 3. The van der Waals surface area contributed by atoms with Gasteiger partial charge < -0.3 is 25.6 Å². The van der Waals surface area contributed by atoms with Crippen LogP contribution < -0.4 is 10.6 Å². The number of ether oxygens (including phenoxy) is 1. The van der Waals surface area contributed by atoms with Crippen molar-refractivity contribution >= 4 is 11.9 Å². The van der Waals surface area contributed by atoms with E-state index in [-0.39, 0.29) is 5.91 Å². The topological polar surface area (TPSA) is 111 Å². The molecule has 1 aromatic carbocycles. The number of benzene rings is 1. The van der Waals surface area contributed by atoms with Gasteiger partial charge in [-0.15, -0.1) is 0 Å². The molecule has 0 saturated carbocycles. The number of rotatable bonds is 4. The van der Waals surface area contributed by atoms with Gasteiger partial charge >= 0.3 is 6.03 Å². The Kier molecular flexibility index (Phi) is 5.03. The molecular weight excluding hydrogens is 326 g/mol. The van der Waals surface area contributed by atoms with Crippen molar-refractivity contribution in [3.8, 4) is 0 Å². The summed E-state index contributed by atoms with van der Waals surface area (Å²) in [4.78, 5) is 25.6. The number of carbonyl (C=O) groups excluding carboxylic acids is 2. The Morgan fingerprint density at radius 1 is 1.28 bits per heavy atom. The van der Waals surface area contributed by atoms with Gasteiger partial charge in [0.25, 0.3) is 5.91 Å². The molecule has 0 spiro atoms. The highest BCUT2D eigenvalue weighted by atomic mass is 16.6. The van der Waals surface area contributed by atoms with Crippen molar-refractivity contribution in [3.05, 3.63) is 48.2 Å². The number of carbonyl (C=O) groups is 2. The van der Waals surface area contributed by atoms with Crippen LogP contribution in [-0.4, -0.2) is 57.8 Å². The van der Waals surface area contributed by atoms with E-state index in [0.717, 1.165) is 0 Å². The summed E-state index contributed by atoms with van der Waals surface area (Å²) in [6.45, 7) is 1.82. The SMILES string of the molecule is CC[C@H]1O[C@@H](N2C=CC(NC(=O)c3ccccc3)NC2=O)[C@@H](O)C1O. The number of urea groups is 1. The molecule has 2 unspecified atom stereocenters. The lowest BCUT2D eigenvalue weighted by Gasteiger charge is -2.32. The molecule has 1 aromatic rings. The number of aliphatic hydroxyl groups is 2. The molecular formula is C17H21N3O5. The Balaban J connectivity index is 1.65. The molecule has 0 radical (unpaired) electrons. The van der Waals surface area contributed by atoms with Crippen molar-refractivity contribution in [1.82, 2.24) is 15.5 Å². The minimum Gasteiger partial charge on any atom is -0.388 e. The molecule has 1 saturated heterocycles. The van der Waals surface area contributed by atoms with E-state index in [4.69, 9.17) is 4.74 Å². The van der Waals surface area contributed by atoms with E-state index in [1.54, 1.807) is 30.3 Å². The molecule has 2 heterocycles. The molecule has 0 aliphatic carbocycles. The van der Waals surface area contributed by atoms with Gasteiger partial charge in [0.1, 0.15) is 18.4 Å². The summed E-state index contributed by atoms with van der Waals surface area (Å²) in [7, 11) is 0. The molecule has 4 N–H and O–H groups in total. The maximum Gasteiger partial charge on any atom is 0.325 e. The van der Waals surface area contributed by atoms with E-state index < -0.39 is 36.7 Å².